The van der Waals surface area contributed by atoms with Crippen LogP contribution in [0.2, 0.25) is 0 Å². The molecule has 0 aliphatic heterocycles. The molecule has 5 nitrogen and oxygen atoms in total. The van der Waals surface area contributed by atoms with Crippen LogP contribution in [-0.2, 0) is 13.7 Å². The third-order valence-corrected chi connectivity index (χ3v) is 2.53. The molecule has 1 aromatic carbocycles. The Balaban J connectivity index is 2.72. The second-order valence-electron chi connectivity index (χ2n) is 3.43. The summed E-state index contributed by atoms with van der Waals surface area (Å²) in [5.74, 6) is 0.327. The predicted molar refractivity (Wildman–Crippen MR) is 59.1 cm³/mol. The van der Waals surface area contributed by atoms with Crippen molar-refractivity contribution in [2.75, 3.05) is 0 Å². The van der Waals surface area contributed by atoms with Crippen LogP contribution in [0.1, 0.15) is 5.69 Å². The zero-order valence-electron chi connectivity index (χ0n) is 8.80. The number of aliphatic hydroxyl groups is 1. The molecule has 0 saturated heterocycles. The summed E-state index contributed by atoms with van der Waals surface area (Å²) in [6, 6.07) is 7.39. The topological polar surface area (TPSA) is 77.5 Å². The van der Waals surface area contributed by atoms with E-state index in [4.69, 9.17) is 10.5 Å². The van der Waals surface area contributed by atoms with E-state index in [-0.39, 0.29) is 6.61 Å². The van der Waals surface area contributed by atoms with Crippen LogP contribution in [0, 0.1) is 0 Å². The van der Waals surface area contributed by atoms with E-state index in [0.717, 1.165) is 10.9 Å². The van der Waals surface area contributed by atoms with Gasteiger partial charge in [-0.25, -0.2) is 4.79 Å². The van der Waals surface area contributed by atoms with Gasteiger partial charge in [0.1, 0.15) is 0 Å². The van der Waals surface area contributed by atoms with Crippen LogP contribution in [0.25, 0.3) is 10.9 Å². The molecule has 0 unspecified atom stereocenters. The van der Waals surface area contributed by atoms with E-state index >= 15 is 0 Å². The van der Waals surface area contributed by atoms with Gasteiger partial charge in [0.2, 0.25) is 0 Å². The van der Waals surface area contributed by atoms with Gasteiger partial charge in [-0.1, -0.05) is 12.1 Å². The van der Waals surface area contributed by atoms with Gasteiger partial charge in [-0.05, 0) is 12.1 Å². The van der Waals surface area contributed by atoms with Gasteiger partial charge in [-0.15, -0.1) is 0 Å². The van der Waals surface area contributed by atoms with Gasteiger partial charge in [0.25, 0.3) is 0 Å². The Morgan fingerprint density at radius 3 is 2.81 bits per heavy atom. The SMILES string of the molecule is Cn1c(CO)c(OC(N)=O)c2ccccc21. The third kappa shape index (κ3) is 1.51. The number of fused-ring (bicyclic) bond motifs is 1. The fourth-order valence-electron chi connectivity index (χ4n) is 1.80. The van der Waals surface area contributed by atoms with Crippen molar-refractivity contribution in [1.29, 1.82) is 0 Å². The van der Waals surface area contributed by atoms with Crippen LogP contribution >= 0.6 is 0 Å². The van der Waals surface area contributed by atoms with E-state index in [1.54, 1.807) is 11.6 Å². The standard InChI is InChI=1S/C11H12N2O3/c1-13-8-5-3-2-4-7(8)10(9(13)6-14)16-11(12)15/h2-5,14H,6H2,1H3,(H2,12,15). The molecule has 0 saturated carbocycles. The van der Waals surface area contributed by atoms with Gasteiger partial charge in [0.15, 0.2) is 5.75 Å². The number of carbonyl (C=O) groups is 1. The number of rotatable bonds is 2. The van der Waals surface area contributed by atoms with Crippen molar-refractivity contribution in [2.24, 2.45) is 12.8 Å². The zero-order chi connectivity index (χ0) is 11.7. The van der Waals surface area contributed by atoms with E-state index < -0.39 is 6.09 Å². The van der Waals surface area contributed by atoms with E-state index in [0.29, 0.717) is 11.4 Å². The van der Waals surface area contributed by atoms with Gasteiger partial charge >= 0.3 is 6.09 Å². The van der Waals surface area contributed by atoms with E-state index in [2.05, 4.69) is 0 Å². The Morgan fingerprint density at radius 2 is 2.19 bits per heavy atom. The van der Waals surface area contributed by atoms with Gasteiger partial charge in [0.05, 0.1) is 17.8 Å². The summed E-state index contributed by atoms with van der Waals surface area (Å²) in [4.78, 5) is 10.8. The molecule has 0 atom stereocenters. The van der Waals surface area contributed by atoms with Crippen molar-refractivity contribution in [3.63, 3.8) is 0 Å². The summed E-state index contributed by atoms with van der Waals surface area (Å²) in [6.45, 7) is -0.214. The van der Waals surface area contributed by atoms with Crippen LogP contribution in [0.4, 0.5) is 4.79 Å². The molecule has 5 heteroatoms. The minimum atomic E-state index is -0.883. The van der Waals surface area contributed by atoms with Crippen molar-refractivity contribution >= 4 is 17.0 Å². The molecule has 1 aromatic heterocycles. The molecule has 2 aromatic rings. The maximum Gasteiger partial charge on any atom is 0.410 e. The second kappa shape index (κ2) is 3.86. The summed E-state index contributed by atoms with van der Waals surface area (Å²) < 4.78 is 6.70. The number of para-hydroxylation sites is 1. The number of hydrogen-bond donors (Lipinski definition) is 2. The number of hydrogen-bond acceptors (Lipinski definition) is 3. The average Bonchev–Trinajstić information content (AvgIpc) is 2.52. The predicted octanol–water partition coefficient (Wildman–Crippen LogP) is 1.13. The molecule has 3 N–H and O–H groups in total. The summed E-state index contributed by atoms with van der Waals surface area (Å²) in [5, 5.41) is 10.0. The smallest absolute Gasteiger partial charge is 0.408 e. The third-order valence-electron chi connectivity index (χ3n) is 2.53. The Labute approximate surface area is 92.0 Å². The highest BCUT2D eigenvalue weighted by Crippen LogP contribution is 2.32. The number of nitrogens with two attached hydrogens (primary N) is 1. The first-order valence-corrected chi connectivity index (χ1v) is 4.79. The number of aromatic nitrogens is 1. The minimum absolute atomic E-state index is 0.214. The molecule has 0 spiro atoms. The Bertz CT molecular complexity index is 545. The maximum absolute atomic E-state index is 10.8. The number of benzene rings is 1. The van der Waals surface area contributed by atoms with E-state index in [1.807, 2.05) is 24.3 Å². The number of nitrogens with zero attached hydrogens (tertiary/aromatic N) is 1. The average molecular weight is 220 g/mol. The lowest BCUT2D eigenvalue weighted by Crippen LogP contribution is -2.17. The molecule has 84 valence electrons. The number of amides is 1. The normalized spacial score (nSPS) is 10.6. The Kier molecular flexibility index (Phi) is 2.54. The van der Waals surface area contributed by atoms with Crippen LogP contribution < -0.4 is 10.5 Å². The summed E-state index contributed by atoms with van der Waals surface area (Å²) in [7, 11) is 1.79. The van der Waals surface area contributed by atoms with Crippen LogP contribution in [-0.4, -0.2) is 15.8 Å². The first-order valence-electron chi connectivity index (χ1n) is 4.79. The van der Waals surface area contributed by atoms with Crippen molar-refractivity contribution in [3.05, 3.63) is 30.0 Å². The quantitative estimate of drug-likeness (QED) is 0.796. The maximum atomic E-state index is 10.8. The Hall–Kier alpha value is -2.01. The van der Waals surface area contributed by atoms with Gasteiger partial charge in [0, 0.05) is 12.4 Å². The summed E-state index contributed by atoms with van der Waals surface area (Å²) in [5.41, 5.74) is 6.40. The van der Waals surface area contributed by atoms with Gasteiger partial charge in [-0.2, -0.15) is 0 Å². The molecule has 0 radical (unpaired) electrons. The molecule has 2 rings (SSSR count). The Morgan fingerprint density at radius 1 is 1.50 bits per heavy atom. The first kappa shape index (κ1) is 10.5. The van der Waals surface area contributed by atoms with Crippen molar-refractivity contribution in [2.45, 2.75) is 6.61 Å². The van der Waals surface area contributed by atoms with Crippen LogP contribution in [0.5, 0.6) is 5.75 Å². The largest absolute Gasteiger partial charge is 0.410 e. The van der Waals surface area contributed by atoms with Crippen molar-refractivity contribution in [1.82, 2.24) is 4.57 Å². The molecule has 0 aliphatic rings. The van der Waals surface area contributed by atoms with Gasteiger partial charge < -0.3 is 20.1 Å². The molecule has 0 bridgehead atoms. The van der Waals surface area contributed by atoms with Crippen molar-refractivity contribution in [3.8, 4) is 5.75 Å². The lowest BCUT2D eigenvalue weighted by atomic mass is 10.2. The molecule has 16 heavy (non-hydrogen) atoms. The highest BCUT2D eigenvalue weighted by atomic mass is 16.5. The van der Waals surface area contributed by atoms with Gasteiger partial charge in [-0.3, -0.25) is 0 Å². The number of primary amides is 1. The van der Waals surface area contributed by atoms with Crippen molar-refractivity contribution < 1.29 is 14.6 Å². The lowest BCUT2D eigenvalue weighted by molar-refractivity contribution is 0.208. The molecule has 0 aliphatic carbocycles. The van der Waals surface area contributed by atoms with Crippen LogP contribution in [0.3, 0.4) is 0 Å². The second-order valence-corrected chi connectivity index (χ2v) is 3.43. The molecule has 1 heterocycles. The molecular formula is C11H12N2O3. The number of aryl methyl sites for hydroxylation is 1. The summed E-state index contributed by atoms with van der Waals surface area (Å²) >= 11 is 0. The zero-order valence-corrected chi connectivity index (χ0v) is 8.80. The number of ether oxygens (including phenoxy) is 1. The van der Waals surface area contributed by atoms with E-state index in [1.165, 1.54) is 0 Å². The fraction of sp³-hybridized carbons (Fsp3) is 0.182. The highest BCUT2D eigenvalue weighted by Gasteiger charge is 2.16. The molecule has 1 amide bonds. The number of carbonyl (C=O) groups excluding carboxylic acids is 1. The number of aliphatic hydroxyl groups excluding tert-OH is 1. The molecule has 0 fully saturated rings. The lowest BCUT2D eigenvalue weighted by Gasteiger charge is -2.03. The first-order chi connectivity index (χ1) is 7.65. The fourth-order valence-corrected chi connectivity index (χ4v) is 1.80. The highest BCUT2D eigenvalue weighted by molar-refractivity contribution is 5.90. The van der Waals surface area contributed by atoms with E-state index in [9.17, 15) is 9.90 Å². The molecular weight excluding hydrogens is 208 g/mol. The summed E-state index contributed by atoms with van der Waals surface area (Å²) in [6.07, 6.45) is -0.883. The van der Waals surface area contributed by atoms with Crippen LogP contribution in [0.15, 0.2) is 24.3 Å². The monoisotopic (exact) mass is 220 g/mol. The minimum Gasteiger partial charge on any atom is -0.408 e.